The van der Waals surface area contributed by atoms with E-state index in [1.807, 2.05) is 6.08 Å². The van der Waals surface area contributed by atoms with E-state index in [4.69, 9.17) is 9.47 Å². The number of unbranched alkanes of at least 4 members (excludes halogenated alkanes) is 11. The lowest BCUT2D eigenvalue weighted by Crippen LogP contribution is -2.23. The highest BCUT2D eigenvalue weighted by atomic mass is 16.6. The third kappa shape index (κ3) is 15.6. The molecule has 27 heavy (non-hydrogen) atoms. The number of carbonyl (C=O) groups is 1. The van der Waals surface area contributed by atoms with Crippen molar-refractivity contribution in [1.82, 2.24) is 0 Å². The second-order valence-electron chi connectivity index (χ2n) is 7.68. The van der Waals surface area contributed by atoms with Crippen molar-refractivity contribution in [3.8, 4) is 0 Å². The summed E-state index contributed by atoms with van der Waals surface area (Å²) in [6.45, 7) is 3.30. The average molecular weight is 379 g/mol. The van der Waals surface area contributed by atoms with Gasteiger partial charge in [-0.05, 0) is 38.5 Å². The zero-order chi connectivity index (χ0) is 19.4. The highest BCUT2D eigenvalue weighted by molar-refractivity contribution is 5.69. The first-order chi connectivity index (χ1) is 13.3. The Hall–Kier alpha value is -1.09. The molecular formula is C24H42O3. The van der Waals surface area contributed by atoms with Crippen LogP contribution in [0.1, 0.15) is 103 Å². The van der Waals surface area contributed by atoms with Gasteiger partial charge in [-0.25, -0.2) is 0 Å². The Kier molecular flexibility index (Phi) is 16.2. The van der Waals surface area contributed by atoms with E-state index in [9.17, 15) is 4.79 Å². The Balaban J connectivity index is 1.78. The number of hydrogen-bond donors (Lipinski definition) is 0. The fourth-order valence-electron chi connectivity index (χ4n) is 3.29. The molecule has 0 aromatic heterocycles. The zero-order valence-electron chi connectivity index (χ0n) is 17.6. The first-order valence-corrected chi connectivity index (χ1v) is 11.4. The lowest BCUT2D eigenvalue weighted by molar-refractivity contribution is -0.147. The van der Waals surface area contributed by atoms with Crippen molar-refractivity contribution in [2.24, 2.45) is 0 Å². The molecule has 0 spiro atoms. The molecule has 3 heteroatoms. The first kappa shape index (κ1) is 23.9. The van der Waals surface area contributed by atoms with Crippen molar-refractivity contribution in [1.29, 1.82) is 0 Å². The number of esters is 1. The minimum atomic E-state index is -0.0780. The third-order valence-electron chi connectivity index (χ3n) is 5.07. The van der Waals surface area contributed by atoms with Gasteiger partial charge in [0.15, 0.2) is 0 Å². The number of rotatable bonds is 17. The smallest absolute Gasteiger partial charge is 0.305 e. The van der Waals surface area contributed by atoms with Gasteiger partial charge in [0.2, 0.25) is 0 Å². The Morgan fingerprint density at radius 3 is 2.19 bits per heavy atom. The average Bonchev–Trinajstić information content (AvgIpc) is 2.70. The van der Waals surface area contributed by atoms with Gasteiger partial charge in [-0.2, -0.15) is 0 Å². The van der Waals surface area contributed by atoms with E-state index in [2.05, 4.69) is 25.2 Å². The van der Waals surface area contributed by atoms with Gasteiger partial charge in [-0.3, -0.25) is 4.79 Å². The van der Waals surface area contributed by atoms with Crippen LogP contribution in [0.15, 0.2) is 24.3 Å². The molecule has 1 rings (SSSR count). The molecule has 0 bridgehead atoms. The summed E-state index contributed by atoms with van der Waals surface area (Å²) < 4.78 is 10.8. The van der Waals surface area contributed by atoms with Crippen LogP contribution in [0.2, 0.25) is 0 Å². The van der Waals surface area contributed by atoms with Gasteiger partial charge in [0.1, 0.15) is 6.61 Å². The maximum atomic E-state index is 11.7. The quantitative estimate of drug-likeness (QED) is 0.157. The fraction of sp³-hybridized carbons (Fsp3) is 0.792. The van der Waals surface area contributed by atoms with Crippen LogP contribution in [0.4, 0.5) is 0 Å². The van der Waals surface area contributed by atoms with Gasteiger partial charge in [0.05, 0.1) is 12.7 Å². The Bertz CT molecular complexity index is 400. The van der Waals surface area contributed by atoms with Gasteiger partial charge < -0.3 is 9.47 Å². The van der Waals surface area contributed by atoms with Gasteiger partial charge in [-0.1, -0.05) is 82.6 Å². The lowest BCUT2D eigenvalue weighted by atomic mass is 10.1. The molecule has 1 atom stereocenters. The predicted octanol–water partition coefficient (Wildman–Crippen LogP) is 6.91. The van der Waals surface area contributed by atoms with E-state index in [0.29, 0.717) is 19.6 Å². The molecule has 0 amide bonds. The summed E-state index contributed by atoms with van der Waals surface area (Å²) in [6, 6.07) is 0. The molecule has 0 aromatic rings. The Morgan fingerprint density at radius 1 is 0.926 bits per heavy atom. The Morgan fingerprint density at radius 2 is 1.56 bits per heavy atom. The van der Waals surface area contributed by atoms with Crippen molar-refractivity contribution in [2.75, 3.05) is 13.2 Å². The molecule has 0 aliphatic carbocycles. The van der Waals surface area contributed by atoms with Crippen LogP contribution in [0.3, 0.4) is 0 Å². The van der Waals surface area contributed by atoms with Crippen LogP contribution in [0.5, 0.6) is 0 Å². The standard InChI is InChI=1S/C24H42O3/c1-2-3-4-5-6-7-8-9-10-11-12-13-14-15-16-20-24(25)27-22-23-19-17-18-21-26-23/h9-10,17-18,23H,2-8,11-16,19-22H2,1H3/b10-9-. The summed E-state index contributed by atoms with van der Waals surface area (Å²) in [4.78, 5) is 11.7. The molecule has 1 unspecified atom stereocenters. The van der Waals surface area contributed by atoms with E-state index in [1.165, 1.54) is 70.6 Å². The number of hydrogen-bond acceptors (Lipinski definition) is 3. The SMILES string of the molecule is CCCCCCCC/C=C\CCCCCCCC(=O)OCC1CC=CCO1. The van der Waals surface area contributed by atoms with Crippen LogP contribution in [-0.2, 0) is 14.3 Å². The van der Waals surface area contributed by atoms with E-state index < -0.39 is 0 Å². The molecule has 3 nitrogen and oxygen atoms in total. The Labute approximate surface area is 167 Å². The molecule has 1 aliphatic rings. The van der Waals surface area contributed by atoms with Crippen LogP contribution in [-0.4, -0.2) is 25.3 Å². The van der Waals surface area contributed by atoms with Crippen LogP contribution in [0.25, 0.3) is 0 Å². The van der Waals surface area contributed by atoms with Crippen molar-refractivity contribution < 1.29 is 14.3 Å². The number of allylic oxidation sites excluding steroid dienone is 2. The zero-order valence-corrected chi connectivity index (χ0v) is 17.6. The predicted molar refractivity (Wildman–Crippen MR) is 114 cm³/mol. The summed E-state index contributed by atoms with van der Waals surface area (Å²) in [6.07, 6.45) is 26.8. The highest BCUT2D eigenvalue weighted by Crippen LogP contribution is 2.11. The molecule has 1 aliphatic heterocycles. The second kappa shape index (κ2) is 18.3. The largest absolute Gasteiger partial charge is 0.463 e. The molecule has 0 fully saturated rings. The molecule has 0 saturated heterocycles. The third-order valence-corrected chi connectivity index (χ3v) is 5.07. The van der Waals surface area contributed by atoms with E-state index in [-0.39, 0.29) is 12.1 Å². The molecule has 156 valence electrons. The van der Waals surface area contributed by atoms with Crippen LogP contribution in [0, 0.1) is 0 Å². The minimum absolute atomic E-state index is 0.0491. The van der Waals surface area contributed by atoms with Crippen molar-refractivity contribution in [2.45, 2.75) is 109 Å². The summed E-state index contributed by atoms with van der Waals surface area (Å²) in [7, 11) is 0. The number of ether oxygens (including phenoxy) is 2. The molecule has 0 N–H and O–H groups in total. The second-order valence-corrected chi connectivity index (χ2v) is 7.68. The van der Waals surface area contributed by atoms with E-state index in [0.717, 1.165) is 19.3 Å². The van der Waals surface area contributed by atoms with Gasteiger partial charge in [0.25, 0.3) is 0 Å². The molecule has 1 heterocycles. The van der Waals surface area contributed by atoms with Crippen molar-refractivity contribution in [3.63, 3.8) is 0 Å². The maximum Gasteiger partial charge on any atom is 0.305 e. The summed E-state index contributed by atoms with van der Waals surface area (Å²) in [5, 5.41) is 0. The lowest BCUT2D eigenvalue weighted by Gasteiger charge is -2.18. The molecule has 0 radical (unpaired) electrons. The molecule has 0 saturated carbocycles. The summed E-state index contributed by atoms with van der Waals surface area (Å²) in [5.41, 5.74) is 0. The molecule has 0 aromatic carbocycles. The summed E-state index contributed by atoms with van der Waals surface area (Å²) in [5.74, 6) is -0.0780. The van der Waals surface area contributed by atoms with Gasteiger partial charge in [0, 0.05) is 6.42 Å². The highest BCUT2D eigenvalue weighted by Gasteiger charge is 2.12. The van der Waals surface area contributed by atoms with Crippen molar-refractivity contribution >= 4 is 5.97 Å². The fourth-order valence-corrected chi connectivity index (χ4v) is 3.29. The first-order valence-electron chi connectivity index (χ1n) is 11.4. The van der Waals surface area contributed by atoms with Gasteiger partial charge in [-0.15, -0.1) is 0 Å². The van der Waals surface area contributed by atoms with E-state index >= 15 is 0 Å². The summed E-state index contributed by atoms with van der Waals surface area (Å²) >= 11 is 0. The van der Waals surface area contributed by atoms with Gasteiger partial charge >= 0.3 is 5.97 Å². The number of carbonyl (C=O) groups excluding carboxylic acids is 1. The minimum Gasteiger partial charge on any atom is -0.463 e. The van der Waals surface area contributed by atoms with Crippen LogP contribution < -0.4 is 0 Å². The van der Waals surface area contributed by atoms with Crippen molar-refractivity contribution in [3.05, 3.63) is 24.3 Å². The maximum absolute atomic E-state index is 11.7. The monoisotopic (exact) mass is 378 g/mol. The van der Waals surface area contributed by atoms with Crippen LogP contribution >= 0.6 is 0 Å². The van der Waals surface area contributed by atoms with E-state index in [1.54, 1.807) is 0 Å². The normalized spacial score (nSPS) is 16.9. The topological polar surface area (TPSA) is 35.5 Å². The molecular weight excluding hydrogens is 336 g/mol.